The number of ether oxygens (including phenoxy) is 1. The number of aromatic nitrogens is 2. The third kappa shape index (κ3) is 6.99. The Balaban J connectivity index is 1.07. The number of carbonyl (C=O) groups is 4. The van der Waals surface area contributed by atoms with E-state index in [9.17, 15) is 19.2 Å². The molecule has 4 amide bonds. The van der Waals surface area contributed by atoms with Gasteiger partial charge < -0.3 is 25.2 Å². The lowest BCUT2D eigenvalue weighted by Crippen LogP contribution is -2.66. The van der Waals surface area contributed by atoms with Crippen LogP contribution < -0.4 is 10.6 Å². The molecule has 0 bridgehead atoms. The fraction of sp³-hybridized carbons (Fsp3) is 0.500. The average Bonchev–Trinajstić information content (AvgIpc) is 4.00. The second kappa shape index (κ2) is 13.4. The van der Waals surface area contributed by atoms with Crippen LogP contribution in [0.4, 0.5) is 0 Å². The van der Waals surface area contributed by atoms with Crippen molar-refractivity contribution in [3.05, 3.63) is 89.7 Å². The van der Waals surface area contributed by atoms with Crippen LogP contribution in [-0.4, -0.2) is 88.6 Å². The zero-order valence-electron chi connectivity index (χ0n) is 28.3. The first kappa shape index (κ1) is 33.0. The monoisotopic (exact) mass is 666 g/mol. The van der Waals surface area contributed by atoms with Crippen molar-refractivity contribution in [1.82, 2.24) is 30.2 Å². The summed E-state index contributed by atoms with van der Waals surface area (Å²) in [6.45, 7) is 3.96. The third-order valence-electron chi connectivity index (χ3n) is 11.0. The van der Waals surface area contributed by atoms with Crippen molar-refractivity contribution in [3.8, 4) is 0 Å². The summed E-state index contributed by atoms with van der Waals surface area (Å²) in [7, 11) is 1.53. The topological polar surface area (TPSA) is 126 Å². The lowest BCUT2D eigenvalue weighted by molar-refractivity contribution is -0.155. The predicted molar refractivity (Wildman–Crippen MR) is 182 cm³/mol. The van der Waals surface area contributed by atoms with Gasteiger partial charge in [-0.3, -0.25) is 23.9 Å². The van der Waals surface area contributed by atoms with Crippen LogP contribution in [0.2, 0.25) is 0 Å². The van der Waals surface area contributed by atoms with Gasteiger partial charge in [-0.1, -0.05) is 73.5 Å². The highest BCUT2D eigenvalue weighted by Crippen LogP contribution is 2.58. The molecular formula is C38H46N6O5. The summed E-state index contributed by atoms with van der Waals surface area (Å²) in [4.78, 5) is 58.5. The van der Waals surface area contributed by atoms with Crippen molar-refractivity contribution in [3.63, 3.8) is 0 Å². The summed E-state index contributed by atoms with van der Waals surface area (Å²) in [6.07, 6.45) is 7.94. The molecule has 2 aromatic carbocycles. The van der Waals surface area contributed by atoms with Crippen molar-refractivity contribution in [2.75, 3.05) is 33.2 Å². The smallest absolute Gasteiger partial charge is 0.257 e. The van der Waals surface area contributed by atoms with Gasteiger partial charge in [0.2, 0.25) is 17.7 Å². The highest BCUT2D eigenvalue weighted by atomic mass is 16.5. The van der Waals surface area contributed by atoms with Gasteiger partial charge in [0.15, 0.2) is 0 Å². The van der Waals surface area contributed by atoms with Crippen LogP contribution in [0.5, 0.6) is 0 Å². The van der Waals surface area contributed by atoms with Crippen molar-refractivity contribution in [1.29, 1.82) is 0 Å². The zero-order valence-corrected chi connectivity index (χ0v) is 28.3. The maximum Gasteiger partial charge on any atom is 0.257 e. The predicted octanol–water partition coefficient (Wildman–Crippen LogP) is 3.25. The van der Waals surface area contributed by atoms with E-state index in [1.54, 1.807) is 28.9 Å². The van der Waals surface area contributed by atoms with Gasteiger partial charge in [-0.05, 0) is 43.2 Å². The molecule has 258 valence electrons. The molecule has 3 atom stereocenters. The molecule has 11 nitrogen and oxygen atoms in total. The SMILES string of the molecule is CNC(=O)[C@@H](NC(=O)[C@@H]1CN(C(=O)c2cnn(Cc3ccccc3)c2)CC12CN(C(=O)C1(CC3CC3)CC1)C2)[C@@H](C)OCc1ccccc1. The van der Waals surface area contributed by atoms with Gasteiger partial charge in [0.25, 0.3) is 5.91 Å². The Bertz CT molecular complexity index is 1680. The highest BCUT2D eigenvalue weighted by Gasteiger charge is 2.63. The molecule has 2 N–H and O–H groups in total. The minimum absolute atomic E-state index is 0.184. The van der Waals surface area contributed by atoms with Gasteiger partial charge in [-0.15, -0.1) is 0 Å². The summed E-state index contributed by atoms with van der Waals surface area (Å²) in [5.74, 6) is -0.621. The number of nitrogens with zero attached hydrogens (tertiary/aromatic N) is 4. The molecule has 4 aliphatic rings. The van der Waals surface area contributed by atoms with Crippen LogP contribution in [0, 0.1) is 22.7 Å². The van der Waals surface area contributed by atoms with Crippen LogP contribution in [0.1, 0.15) is 60.5 Å². The number of amides is 4. The Kier molecular flexibility index (Phi) is 9.04. The standard InChI is InChI=1S/C38H46N6O5/c1-26(49-22-29-11-7-4-8-12-29)32(34(46)39-2)41-33(45)31-21-42(35(47)30-18-40-44(20-30)19-28-9-5-3-6-10-28)23-38(31)24-43(25-38)36(48)37(15-16-37)17-27-13-14-27/h3-12,18,20,26-27,31-32H,13-17,19,21-25H2,1-2H3,(H,39,46)(H,41,45)/t26-,31+,32+/m1/s1. The van der Waals surface area contributed by atoms with Crippen molar-refractivity contribution in [2.24, 2.45) is 22.7 Å². The summed E-state index contributed by atoms with van der Waals surface area (Å²) < 4.78 is 7.80. The minimum Gasteiger partial charge on any atom is -0.371 e. The normalized spacial score (nSPS) is 21.5. The van der Waals surface area contributed by atoms with Gasteiger partial charge in [0, 0.05) is 50.3 Å². The fourth-order valence-corrected chi connectivity index (χ4v) is 7.75. The van der Waals surface area contributed by atoms with Crippen LogP contribution in [0.25, 0.3) is 0 Å². The van der Waals surface area contributed by atoms with Gasteiger partial charge in [0.1, 0.15) is 6.04 Å². The molecule has 2 aliphatic heterocycles. The fourth-order valence-electron chi connectivity index (χ4n) is 7.75. The molecule has 3 heterocycles. The van der Waals surface area contributed by atoms with E-state index in [-0.39, 0.29) is 35.6 Å². The second-order valence-electron chi connectivity index (χ2n) is 14.7. The van der Waals surface area contributed by atoms with Crippen molar-refractivity contribution < 1.29 is 23.9 Å². The molecular weight excluding hydrogens is 620 g/mol. The molecule has 1 aromatic heterocycles. The quantitative estimate of drug-likeness (QED) is 0.289. The molecule has 1 spiro atoms. The van der Waals surface area contributed by atoms with Crippen LogP contribution >= 0.6 is 0 Å². The molecule has 49 heavy (non-hydrogen) atoms. The summed E-state index contributed by atoms with van der Waals surface area (Å²) >= 11 is 0. The summed E-state index contributed by atoms with van der Waals surface area (Å²) in [5, 5.41) is 10.1. The zero-order chi connectivity index (χ0) is 34.2. The van der Waals surface area contributed by atoms with Gasteiger partial charge >= 0.3 is 0 Å². The van der Waals surface area contributed by atoms with E-state index in [4.69, 9.17) is 4.74 Å². The first-order valence-electron chi connectivity index (χ1n) is 17.5. The summed E-state index contributed by atoms with van der Waals surface area (Å²) in [5.41, 5.74) is 1.64. The maximum atomic E-state index is 14.2. The number of hydrogen-bond donors (Lipinski definition) is 2. The summed E-state index contributed by atoms with van der Waals surface area (Å²) in [6, 6.07) is 18.6. The second-order valence-corrected chi connectivity index (χ2v) is 14.7. The molecule has 11 heteroatoms. The van der Waals surface area contributed by atoms with E-state index >= 15 is 0 Å². The van der Waals surface area contributed by atoms with Gasteiger partial charge in [-0.2, -0.15) is 5.10 Å². The number of likely N-dealkylation sites (N-methyl/N-ethyl adjacent to an activating group) is 1. The molecule has 0 unspecified atom stereocenters. The van der Waals surface area contributed by atoms with Gasteiger partial charge in [-0.25, -0.2) is 0 Å². The van der Waals surface area contributed by atoms with Crippen LogP contribution in [0.3, 0.4) is 0 Å². The highest BCUT2D eigenvalue weighted by molar-refractivity contribution is 5.96. The molecule has 7 rings (SSSR count). The first-order valence-corrected chi connectivity index (χ1v) is 17.5. The van der Waals surface area contributed by atoms with E-state index in [2.05, 4.69) is 15.7 Å². The number of likely N-dealkylation sites (tertiary alicyclic amines) is 2. The Morgan fingerprint density at radius 3 is 2.22 bits per heavy atom. The number of benzene rings is 2. The van der Waals surface area contributed by atoms with Crippen LogP contribution in [-0.2, 0) is 32.3 Å². The molecule has 2 saturated carbocycles. The Hall–Kier alpha value is -4.51. The van der Waals surface area contributed by atoms with E-state index in [1.165, 1.54) is 19.9 Å². The van der Waals surface area contributed by atoms with Gasteiger partial charge in [0.05, 0.1) is 36.9 Å². The number of nitrogens with one attached hydrogen (secondary N) is 2. The van der Waals surface area contributed by atoms with Crippen molar-refractivity contribution >= 4 is 23.6 Å². The Labute approximate surface area is 287 Å². The largest absolute Gasteiger partial charge is 0.371 e. The third-order valence-corrected chi connectivity index (χ3v) is 11.0. The average molecular weight is 667 g/mol. The minimum atomic E-state index is -0.940. The first-order chi connectivity index (χ1) is 23.7. The molecule has 4 fully saturated rings. The number of hydrogen-bond acceptors (Lipinski definition) is 6. The van der Waals surface area contributed by atoms with E-state index in [1.807, 2.05) is 65.6 Å². The van der Waals surface area contributed by atoms with E-state index < -0.39 is 23.5 Å². The Morgan fingerprint density at radius 1 is 0.939 bits per heavy atom. The maximum absolute atomic E-state index is 14.2. The molecule has 2 aliphatic carbocycles. The number of rotatable bonds is 13. The lowest BCUT2D eigenvalue weighted by Gasteiger charge is -2.51. The molecule has 2 saturated heterocycles. The van der Waals surface area contributed by atoms with Crippen LogP contribution in [0.15, 0.2) is 73.1 Å². The molecule has 0 radical (unpaired) electrons. The number of carbonyl (C=O) groups excluding carboxylic acids is 4. The van der Waals surface area contributed by atoms with E-state index in [0.717, 1.165) is 30.4 Å². The Morgan fingerprint density at radius 2 is 1.59 bits per heavy atom. The van der Waals surface area contributed by atoms with E-state index in [0.29, 0.717) is 44.3 Å². The molecule has 3 aromatic rings. The van der Waals surface area contributed by atoms with Crippen molar-refractivity contribution in [2.45, 2.75) is 64.3 Å². The lowest BCUT2D eigenvalue weighted by atomic mass is 9.70.